The van der Waals surface area contributed by atoms with Crippen LogP contribution in [0.5, 0.6) is 0 Å². The van der Waals surface area contributed by atoms with Crippen LogP contribution in [0.4, 0.5) is 0 Å². The summed E-state index contributed by atoms with van der Waals surface area (Å²) in [6.45, 7) is 2.55. The predicted octanol–water partition coefficient (Wildman–Crippen LogP) is 2.83. The number of nitrogens with one attached hydrogen (secondary N) is 2. The van der Waals surface area contributed by atoms with Crippen LogP contribution in [0, 0.1) is 0 Å². The van der Waals surface area contributed by atoms with Crippen molar-refractivity contribution in [2.45, 2.75) is 6.10 Å². The third-order valence-electron chi connectivity index (χ3n) is 2.73. The second kappa shape index (κ2) is 6.73. The third kappa shape index (κ3) is 3.16. The Kier molecular flexibility index (Phi) is 5.88. The van der Waals surface area contributed by atoms with Crippen molar-refractivity contribution in [1.29, 1.82) is 0 Å². The second-order valence-corrected chi connectivity index (χ2v) is 4.80. The lowest BCUT2D eigenvalue weighted by Crippen LogP contribution is -2.33. The lowest BCUT2D eigenvalue weighted by molar-refractivity contribution is 0.0255. The maximum atomic E-state index is 5.69. The van der Waals surface area contributed by atoms with E-state index in [0.717, 1.165) is 40.9 Å². The molecule has 0 amide bonds. The van der Waals surface area contributed by atoms with Crippen LogP contribution < -0.4 is 5.32 Å². The van der Waals surface area contributed by atoms with Crippen LogP contribution in [-0.4, -0.2) is 29.7 Å². The van der Waals surface area contributed by atoms with E-state index in [1.807, 2.05) is 0 Å². The number of nitrogens with zero attached hydrogens (tertiary/aromatic N) is 1. The lowest BCUT2D eigenvalue weighted by atomic mass is 10.2. The number of H-pyrrole nitrogens is 1. The van der Waals surface area contributed by atoms with Crippen molar-refractivity contribution in [3.63, 3.8) is 0 Å². The van der Waals surface area contributed by atoms with Gasteiger partial charge in [-0.25, -0.2) is 4.98 Å². The fourth-order valence-electron chi connectivity index (χ4n) is 1.95. The van der Waals surface area contributed by atoms with E-state index in [1.54, 1.807) is 6.20 Å². The Bertz CT molecular complexity index is 514. The van der Waals surface area contributed by atoms with Crippen molar-refractivity contribution in [1.82, 2.24) is 15.3 Å². The number of aromatic amines is 1. The topological polar surface area (TPSA) is 49.9 Å². The summed E-state index contributed by atoms with van der Waals surface area (Å²) in [5, 5.41) is 4.42. The molecule has 2 N–H and O–H groups in total. The smallest absolute Gasteiger partial charge is 0.137 e. The van der Waals surface area contributed by atoms with Crippen molar-refractivity contribution < 1.29 is 4.74 Å². The first-order valence-electron chi connectivity index (χ1n) is 5.29. The Morgan fingerprint density at radius 3 is 2.89 bits per heavy atom. The molecule has 7 heteroatoms. The molecule has 1 aliphatic heterocycles. The van der Waals surface area contributed by atoms with Gasteiger partial charge in [0.1, 0.15) is 11.8 Å². The Morgan fingerprint density at radius 2 is 2.17 bits per heavy atom. The molecular weight excluding hydrogens is 341 g/mol. The van der Waals surface area contributed by atoms with Crippen molar-refractivity contribution in [2.24, 2.45) is 0 Å². The Balaban J connectivity index is 0.000000810. The molecule has 3 heterocycles. The summed E-state index contributed by atoms with van der Waals surface area (Å²) < 4.78 is 6.68. The summed E-state index contributed by atoms with van der Waals surface area (Å²) in [5.74, 6) is 0. The summed E-state index contributed by atoms with van der Waals surface area (Å²) in [6.07, 6.45) is 1.91. The van der Waals surface area contributed by atoms with Crippen LogP contribution in [-0.2, 0) is 4.74 Å². The van der Waals surface area contributed by atoms with Gasteiger partial charge in [0.25, 0.3) is 0 Å². The number of fused-ring (bicyclic) bond motifs is 1. The van der Waals surface area contributed by atoms with Gasteiger partial charge in [0.15, 0.2) is 0 Å². The van der Waals surface area contributed by atoms with Gasteiger partial charge in [0.2, 0.25) is 0 Å². The summed E-state index contributed by atoms with van der Waals surface area (Å²) in [5.41, 5.74) is 2.00. The minimum absolute atomic E-state index is 0. The Hall–Kier alpha value is -0.330. The standard InChI is InChI=1S/C11H12BrN3O.2ClH/c12-8-3-7-4-9(15-11(7)14-5-8)10-6-13-1-2-16-10;;/h3-5,10,13H,1-2,6H2,(H,14,15);2*1H. The van der Waals surface area contributed by atoms with Gasteiger partial charge in [-0.3, -0.25) is 0 Å². The van der Waals surface area contributed by atoms with E-state index in [0.29, 0.717) is 0 Å². The Morgan fingerprint density at radius 1 is 1.33 bits per heavy atom. The van der Waals surface area contributed by atoms with E-state index >= 15 is 0 Å². The van der Waals surface area contributed by atoms with Crippen LogP contribution in [0.2, 0.25) is 0 Å². The van der Waals surface area contributed by atoms with Crippen molar-refractivity contribution in [3.8, 4) is 0 Å². The van der Waals surface area contributed by atoms with Crippen LogP contribution in [0.25, 0.3) is 11.0 Å². The van der Waals surface area contributed by atoms with Gasteiger partial charge in [-0.05, 0) is 28.1 Å². The highest BCUT2D eigenvalue weighted by atomic mass is 79.9. The minimum atomic E-state index is 0. The van der Waals surface area contributed by atoms with Gasteiger partial charge >= 0.3 is 0 Å². The molecule has 0 aromatic carbocycles. The number of halogens is 3. The highest BCUT2D eigenvalue weighted by molar-refractivity contribution is 9.10. The number of ether oxygens (including phenoxy) is 1. The van der Waals surface area contributed by atoms with E-state index in [-0.39, 0.29) is 30.9 Å². The largest absolute Gasteiger partial charge is 0.369 e. The number of hydrogen-bond acceptors (Lipinski definition) is 3. The molecule has 4 nitrogen and oxygen atoms in total. The van der Waals surface area contributed by atoms with Gasteiger partial charge in [0.05, 0.1) is 6.61 Å². The highest BCUT2D eigenvalue weighted by Gasteiger charge is 2.17. The molecule has 0 radical (unpaired) electrons. The zero-order valence-electron chi connectivity index (χ0n) is 9.48. The quantitative estimate of drug-likeness (QED) is 0.827. The summed E-state index contributed by atoms with van der Waals surface area (Å²) in [4.78, 5) is 7.61. The number of pyridine rings is 1. The first-order valence-corrected chi connectivity index (χ1v) is 6.09. The van der Waals surface area contributed by atoms with Crippen molar-refractivity contribution >= 4 is 51.8 Å². The van der Waals surface area contributed by atoms with Crippen LogP contribution in [0.15, 0.2) is 22.8 Å². The normalized spacial score (nSPS) is 19.1. The van der Waals surface area contributed by atoms with E-state index in [4.69, 9.17) is 4.74 Å². The molecule has 100 valence electrons. The SMILES string of the molecule is Brc1cnc2[nH]c(C3CNCCO3)cc2c1.Cl.Cl. The molecule has 1 aliphatic rings. The van der Waals surface area contributed by atoms with Crippen LogP contribution in [0.1, 0.15) is 11.8 Å². The first-order chi connectivity index (χ1) is 7.83. The zero-order chi connectivity index (χ0) is 11.0. The molecule has 0 saturated carbocycles. The number of aromatic nitrogens is 2. The summed E-state index contributed by atoms with van der Waals surface area (Å²) >= 11 is 3.42. The predicted molar refractivity (Wildman–Crippen MR) is 79.9 cm³/mol. The van der Waals surface area contributed by atoms with Crippen molar-refractivity contribution in [3.05, 3.63) is 28.5 Å². The van der Waals surface area contributed by atoms with Gasteiger partial charge in [0, 0.05) is 34.8 Å². The Labute approximate surface area is 126 Å². The van der Waals surface area contributed by atoms with Gasteiger partial charge in [-0.2, -0.15) is 0 Å². The fraction of sp³-hybridized carbons (Fsp3) is 0.364. The monoisotopic (exact) mass is 353 g/mol. The first kappa shape index (κ1) is 15.7. The van der Waals surface area contributed by atoms with Gasteiger partial charge in [-0.15, -0.1) is 24.8 Å². The average molecular weight is 355 g/mol. The maximum Gasteiger partial charge on any atom is 0.137 e. The van der Waals surface area contributed by atoms with E-state index < -0.39 is 0 Å². The third-order valence-corrected chi connectivity index (χ3v) is 3.17. The van der Waals surface area contributed by atoms with Crippen molar-refractivity contribution in [2.75, 3.05) is 19.7 Å². The molecule has 1 unspecified atom stereocenters. The maximum absolute atomic E-state index is 5.69. The number of rotatable bonds is 1. The number of hydrogen-bond donors (Lipinski definition) is 2. The average Bonchev–Trinajstić information content (AvgIpc) is 2.73. The molecule has 1 saturated heterocycles. The van der Waals surface area contributed by atoms with Crippen LogP contribution >= 0.6 is 40.7 Å². The van der Waals surface area contributed by atoms with Gasteiger partial charge < -0.3 is 15.0 Å². The van der Waals surface area contributed by atoms with E-state index in [9.17, 15) is 0 Å². The zero-order valence-corrected chi connectivity index (χ0v) is 12.7. The van der Waals surface area contributed by atoms with Gasteiger partial charge in [-0.1, -0.05) is 0 Å². The molecule has 18 heavy (non-hydrogen) atoms. The number of morpholine rings is 1. The fourth-order valence-corrected chi connectivity index (χ4v) is 2.30. The molecule has 1 atom stereocenters. The highest BCUT2D eigenvalue weighted by Crippen LogP contribution is 2.24. The van der Waals surface area contributed by atoms with Crippen LogP contribution in [0.3, 0.4) is 0 Å². The van der Waals surface area contributed by atoms with E-state index in [2.05, 4.69) is 43.3 Å². The van der Waals surface area contributed by atoms with E-state index in [1.165, 1.54) is 0 Å². The second-order valence-electron chi connectivity index (χ2n) is 3.88. The lowest BCUT2D eigenvalue weighted by Gasteiger charge is -2.22. The molecule has 0 spiro atoms. The molecule has 0 bridgehead atoms. The minimum Gasteiger partial charge on any atom is -0.369 e. The molecule has 2 aromatic rings. The summed E-state index contributed by atoms with van der Waals surface area (Å²) in [7, 11) is 0. The molecular formula is C11H14BrCl2N3O. The molecule has 2 aromatic heterocycles. The molecule has 0 aliphatic carbocycles. The molecule has 1 fully saturated rings. The molecule has 3 rings (SSSR count). The summed E-state index contributed by atoms with van der Waals surface area (Å²) in [6, 6.07) is 4.16.